The highest BCUT2D eigenvalue weighted by Crippen LogP contribution is 2.27. The van der Waals surface area contributed by atoms with Crippen LogP contribution < -0.4 is 5.32 Å². The lowest BCUT2D eigenvalue weighted by molar-refractivity contribution is -0.115. The molecule has 0 saturated carbocycles. The molecule has 1 unspecified atom stereocenters. The predicted molar refractivity (Wildman–Crippen MR) is 69.0 cm³/mol. The number of thiophene rings is 1. The minimum atomic E-state index is -3.51. The van der Waals surface area contributed by atoms with Gasteiger partial charge >= 0.3 is 5.97 Å². The fourth-order valence-corrected chi connectivity index (χ4v) is 2.47. The molecule has 0 aliphatic rings. The third-order valence-electron chi connectivity index (χ3n) is 2.43. The van der Waals surface area contributed by atoms with E-state index in [1.165, 1.54) is 6.92 Å². The second kappa shape index (κ2) is 5.07. The molecule has 100 valence electrons. The minimum Gasteiger partial charge on any atom is -0.477 e. The molecule has 1 aromatic rings. The zero-order valence-electron chi connectivity index (χ0n) is 10.1. The highest BCUT2D eigenvalue weighted by Gasteiger charge is 2.26. The van der Waals surface area contributed by atoms with Gasteiger partial charge in [-0.3, -0.25) is 4.79 Å². The number of anilines is 1. The van der Waals surface area contributed by atoms with Crippen LogP contribution in [0, 0.1) is 6.92 Å². The minimum absolute atomic E-state index is 0.0125. The van der Waals surface area contributed by atoms with Gasteiger partial charge in [0.15, 0.2) is 9.84 Å². The maximum atomic E-state index is 11.7. The Morgan fingerprint density at radius 2 is 2.00 bits per heavy atom. The van der Waals surface area contributed by atoms with Crippen molar-refractivity contribution in [2.75, 3.05) is 11.6 Å². The first-order valence-electron chi connectivity index (χ1n) is 4.95. The number of hydrogen-bond acceptors (Lipinski definition) is 5. The molecule has 0 fully saturated rings. The Bertz CT molecular complexity index is 587. The number of aryl methyl sites for hydroxylation is 1. The summed E-state index contributed by atoms with van der Waals surface area (Å²) in [5.74, 6) is -1.89. The molecule has 2 N–H and O–H groups in total. The van der Waals surface area contributed by atoms with Gasteiger partial charge in [-0.25, -0.2) is 13.2 Å². The molecule has 1 rings (SSSR count). The van der Waals surface area contributed by atoms with Crippen LogP contribution in [0.2, 0.25) is 0 Å². The first-order chi connectivity index (χ1) is 8.14. The standard InChI is InChI=1S/C10H13NO5S2/c1-5-4-17-8(10(13)14)7(5)11-9(12)6(2)18(3,15)16/h4,6H,1-3H3,(H,11,12)(H,13,14). The molecule has 1 heterocycles. The van der Waals surface area contributed by atoms with E-state index in [0.717, 1.165) is 17.6 Å². The van der Waals surface area contributed by atoms with Gasteiger partial charge in [-0.2, -0.15) is 0 Å². The smallest absolute Gasteiger partial charge is 0.348 e. The van der Waals surface area contributed by atoms with E-state index in [-0.39, 0.29) is 10.6 Å². The summed E-state index contributed by atoms with van der Waals surface area (Å²) in [4.78, 5) is 22.6. The second-order valence-corrected chi connectivity index (χ2v) is 7.13. The van der Waals surface area contributed by atoms with Crippen molar-refractivity contribution in [2.45, 2.75) is 19.1 Å². The third kappa shape index (κ3) is 3.08. The number of carbonyl (C=O) groups is 2. The van der Waals surface area contributed by atoms with Crippen molar-refractivity contribution in [2.24, 2.45) is 0 Å². The van der Waals surface area contributed by atoms with Crippen molar-refractivity contribution < 1.29 is 23.1 Å². The third-order valence-corrected chi connectivity index (χ3v) is 5.01. The molecule has 18 heavy (non-hydrogen) atoms. The highest BCUT2D eigenvalue weighted by atomic mass is 32.2. The fourth-order valence-electron chi connectivity index (χ4n) is 1.18. The van der Waals surface area contributed by atoms with Gasteiger partial charge in [-0.05, 0) is 24.8 Å². The van der Waals surface area contributed by atoms with E-state index in [9.17, 15) is 18.0 Å². The maximum absolute atomic E-state index is 11.7. The summed E-state index contributed by atoms with van der Waals surface area (Å²) < 4.78 is 22.5. The number of amides is 1. The van der Waals surface area contributed by atoms with Gasteiger partial charge in [0.2, 0.25) is 5.91 Å². The van der Waals surface area contributed by atoms with Crippen molar-refractivity contribution in [1.82, 2.24) is 0 Å². The van der Waals surface area contributed by atoms with Crippen molar-refractivity contribution in [3.63, 3.8) is 0 Å². The number of carboxylic acids is 1. The first kappa shape index (κ1) is 14.7. The highest BCUT2D eigenvalue weighted by molar-refractivity contribution is 7.92. The van der Waals surface area contributed by atoms with Gasteiger partial charge in [0, 0.05) is 6.26 Å². The number of rotatable bonds is 4. The van der Waals surface area contributed by atoms with E-state index in [0.29, 0.717) is 5.56 Å². The van der Waals surface area contributed by atoms with E-state index >= 15 is 0 Å². The molecule has 1 amide bonds. The Kier molecular flexibility index (Phi) is 4.12. The molecule has 0 saturated heterocycles. The van der Waals surface area contributed by atoms with Crippen LogP contribution in [0.1, 0.15) is 22.2 Å². The molecular weight excluding hydrogens is 278 g/mol. The number of nitrogens with one attached hydrogen (secondary N) is 1. The summed E-state index contributed by atoms with van der Waals surface area (Å²) in [7, 11) is -3.51. The summed E-state index contributed by atoms with van der Waals surface area (Å²) in [6, 6.07) is 0. The summed E-state index contributed by atoms with van der Waals surface area (Å²) in [5, 5.41) is 11.7. The first-order valence-corrected chi connectivity index (χ1v) is 7.79. The lowest BCUT2D eigenvalue weighted by atomic mass is 10.2. The van der Waals surface area contributed by atoms with E-state index < -0.39 is 27.0 Å². The van der Waals surface area contributed by atoms with E-state index in [1.807, 2.05) is 0 Å². The molecule has 0 aliphatic carbocycles. The van der Waals surface area contributed by atoms with Gasteiger partial charge in [-0.15, -0.1) is 11.3 Å². The molecule has 1 atom stereocenters. The van der Waals surface area contributed by atoms with Crippen LogP contribution >= 0.6 is 11.3 Å². The maximum Gasteiger partial charge on any atom is 0.348 e. The van der Waals surface area contributed by atoms with Gasteiger partial charge in [0.1, 0.15) is 10.1 Å². The summed E-state index contributed by atoms with van der Waals surface area (Å²) >= 11 is 0.982. The molecule has 8 heteroatoms. The zero-order valence-corrected chi connectivity index (χ0v) is 11.7. The Hall–Kier alpha value is -1.41. The van der Waals surface area contributed by atoms with Gasteiger partial charge in [0.05, 0.1) is 5.69 Å². The van der Waals surface area contributed by atoms with Crippen LogP contribution in [0.15, 0.2) is 5.38 Å². The van der Waals surface area contributed by atoms with Gasteiger partial charge in [-0.1, -0.05) is 0 Å². The average Bonchev–Trinajstić information content (AvgIpc) is 2.58. The number of hydrogen-bond donors (Lipinski definition) is 2. The van der Waals surface area contributed by atoms with Crippen LogP contribution in [0.3, 0.4) is 0 Å². The Morgan fingerprint density at radius 1 is 1.44 bits per heavy atom. The molecule has 0 bridgehead atoms. The van der Waals surface area contributed by atoms with Crippen molar-refractivity contribution in [3.05, 3.63) is 15.8 Å². The lowest BCUT2D eigenvalue weighted by Crippen LogP contribution is -2.32. The monoisotopic (exact) mass is 291 g/mol. The average molecular weight is 291 g/mol. The molecule has 6 nitrogen and oxygen atoms in total. The summed E-state index contributed by atoms with van der Waals surface area (Å²) in [6.07, 6.45) is 0.954. The number of sulfone groups is 1. The van der Waals surface area contributed by atoms with Crippen molar-refractivity contribution in [3.8, 4) is 0 Å². The van der Waals surface area contributed by atoms with Crippen LogP contribution in [0.5, 0.6) is 0 Å². The van der Waals surface area contributed by atoms with Gasteiger partial charge < -0.3 is 10.4 Å². The molecule has 0 aromatic carbocycles. The number of carbonyl (C=O) groups excluding carboxylic acids is 1. The largest absolute Gasteiger partial charge is 0.477 e. The van der Waals surface area contributed by atoms with Crippen LogP contribution in [-0.4, -0.2) is 36.9 Å². The molecule has 0 aliphatic heterocycles. The van der Waals surface area contributed by atoms with Crippen LogP contribution in [-0.2, 0) is 14.6 Å². The summed E-state index contributed by atoms with van der Waals surface area (Å²) in [6.45, 7) is 2.90. The van der Waals surface area contributed by atoms with E-state index in [2.05, 4.69) is 5.32 Å². The summed E-state index contributed by atoms with van der Waals surface area (Å²) in [5.41, 5.74) is 0.749. The van der Waals surface area contributed by atoms with E-state index in [1.54, 1.807) is 12.3 Å². The second-order valence-electron chi connectivity index (χ2n) is 3.89. The normalized spacial score (nSPS) is 13.1. The molecule has 0 spiro atoms. The SMILES string of the molecule is Cc1csc(C(=O)O)c1NC(=O)C(C)S(C)(=O)=O. The molecular formula is C10H13NO5S2. The number of aromatic carboxylic acids is 1. The van der Waals surface area contributed by atoms with E-state index in [4.69, 9.17) is 5.11 Å². The molecule has 0 radical (unpaired) electrons. The van der Waals surface area contributed by atoms with Crippen molar-refractivity contribution >= 4 is 38.7 Å². The fraction of sp³-hybridized carbons (Fsp3) is 0.400. The number of carboxylic acid groups (broad SMARTS) is 1. The predicted octanol–water partition coefficient (Wildman–Crippen LogP) is 1.13. The zero-order chi connectivity index (χ0) is 14.1. The van der Waals surface area contributed by atoms with Gasteiger partial charge in [0.25, 0.3) is 0 Å². The Labute approximate surface area is 109 Å². The Morgan fingerprint density at radius 3 is 2.44 bits per heavy atom. The molecule has 1 aromatic heterocycles. The van der Waals surface area contributed by atoms with Crippen molar-refractivity contribution in [1.29, 1.82) is 0 Å². The van der Waals surface area contributed by atoms with Crippen LogP contribution in [0.25, 0.3) is 0 Å². The Balaban J connectivity index is 3.02. The van der Waals surface area contributed by atoms with Crippen LogP contribution in [0.4, 0.5) is 5.69 Å². The topological polar surface area (TPSA) is 101 Å². The quantitative estimate of drug-likeness (QED) is 0.866. The lowest BCUT2D eigenvalue weighted by Gasteiger charge is -2.11.